The summed E-state index contributed by atoms with van der Waals surface area (Å²) in [5.41, 5.74) is 4.21. The Labute approximate surface area is 177 Å². The van der Waals surface area contributed by atoms with Gasteiger partial charge in [0.05, 0.1) is 21.8 Å². The highest BCUT2D eigenvalue weighted by Crippen LogP contribution is 2.42. The van der Waals surface area contributed by atoms with Crippen molar-refractivity contribution in [2.75, 3.05) is 19.4 Å². The molecule has 0 bridgehead atoms. The van der Waals surface area contributed by atoms with E-state index in [9.17, 15) is 9.90 Å². The SMILES string of the molecule is CN=c1ccc2c(-c3ccc(N=C=S)cc3C(=O)O)c3ccc(NC)cc3oc-2c1. The van der Waals surface area contributed by atoms with Crippen molar-refractivity contribution in [2.24, 2.45) is 9.98 Å². The number of fused-ring (bicyclic) bond motifs is 2. The van der Waals surface area contributed by atoms with Gasteiger partial charge in [0.2, 0.25) is 0 Å². The van der Waals surface area contributed by atoms with E-state index in [4.69, 9.17) is 4.42 Å². The van der Waals surface area contributed by atoms with Crippen LogP contribution in [0.25, 0.3) is 33.4 Å². The van der Waals surface area contributed by atoms with Crippen molar-refractivity contribution in [3.05, 3.63) is 65.5 Å². The zero-order valence-corrected chi connectivity index (χ0v) is 17.1. The van der Waals surface area contributed by atoms with Crippen LogP contribution in [0.4, 0.5) is 11.4 Å². The summed E-state index contributed by atoms with van der Waals surface area (Å²) < 4.78 is 6.17. The van der Waals surface area contributed by atoms with E-state index in [0.29, 0.717) is 22.6 Å². The Kier molecular flexibility index (Phi) is 5.14. The van der Waals surface area contributed by atoms with Gasteiger partial charge in [0.1, 0.15) is 11.3 Å². The third-order valence-electron chi connectivity index (χ3n) is 4.93. The van der Waals surface area contributed by atoms with Crippen molar-refractivity contribution in [3.8, 4) is 22.5 Å². The number of hydrogen-bond donors (Lipinski definition) is 2. The third kappa shape index (κ3) is 3.37. The van der Waals surface area contributed by atoms with E-state index in [1.54, 1.807) is 19.2 Å². The molecule has 2 aromatic carbocycles. The standard InChI is InChI=1S/C23H17N3O3S/c1-24-13-3-7-17-20(10-13)29-21-11-14(25-2)4-8-18(21)22(17)16-6-5-15(26-12-30)9-19(16)23(27)28/h3-11,24H,1-2H3,(H,27,28). The minimum Gasteiger partial charge on any atom is -0.478 e. The van der Waals surface area contributed by atoms with Crippen molar-refractivity contribution in [2.45, 2.75) is 0 Å². The normalized spacial score (nSPS) is 11.5. The largest absolute Gasteiger partial charge is 0.478 e. The minimum atomic E-state index is -1.06. The fourth-order valence-electron chi connectivity index (χ4n) is 3.51. The van der Waals surface area contributed by atoms with E-state index in [2.05, 4.69) is 32.7 Å². The van der Waals surface area contributed by atoms with E-state index in [1.165, 1.54) is 6.07 Å². The van der Waals surface area contributed by atoms with Gasteiger partial charge in [0, 0.05) is 48.4 Å². The molecule has 2 aliphatic rings. The molecule has 1 heterocycles. The third-order valence-corrected chi connectivity index (χ3v) is 5.02. The zero-order valence-electron chi connectivity index (χ0n) is 16.3. The fraction of sp³-hybridized carbons (Fsp3) is 0.0870. The van der Waals surface area contributed by atoms with Crippen LogP contribution in [0.15, 0.2) is 69.0 Å². The van der Waals surface area contributed by atoms with Crippen molar-refractivity contribution in [1.82, 2.24) is 0 Å². The number of rotatable bonds is 4. The maximum atomic E-state index is 12.1. The first-order valence-electron chi connectivity index (χ1n) is 9.12. The van der Waals surface area contributed by atoms with E-state index in [0.717, 1.165) is 27.6 Å². The molecule has 2 N–H and O–H groups in total. The second kappa shape index (κ2) is 7.91. The molecule has 148 valence electrons. The van der Waals surface area contributed by atoms with E-state index in [1.807, 2.05) is 43.4 Å². The topological polar surface area (TPSA) is 87.2 Å². The molecule has 0 atom stereocenters. The van der Waals surface area contributed by atoms with Crippen LogP contribution in [0.1, 0.15) is 10.4 Å². The summed E-state index contributed by atoms with van der Waals surface area (Å²) in [6, 6.07) is 16.3. The van der Waals surface area contributed by atoms with Crippen LogP contribution >= 0.6 is 12.2 Å². The van der Waals surface area contributed by atoms with E-state index >= 15 is 0 Å². The van der Waals surface area contributed by atoms with Gasteiger partial charge in [-0.05, 0) is 54.2 Å². The zero-order chi connectivity index (χ0) is 21.3. The minimum absolute atomic E-state index is 0.122. The highest BCUT2D eigenvalue weighted by Gasteiger charge is 2.22. The summed E-state index contributed by atoms with van der Waals surface area (Å²) in [5.74, 6) is -0.438. The van der Waals surface area contributed by atoms with Gasteiger partial charge in [0.25, 0.3) is 0 Å². The van der Waals surface area contributed by atoms with Crippen LogP contribution in [0.5, 0.6) is 0 Å². The second-order valence-corrected chi connectivity index (χ2v) is 6.76. The predicted octanol–water partition coefficient (Wildman–Crippen LogP) is 5.21. The Balaban J connectivity index is 2.16. The summed E-state index contributed by atoms with van der Waals surface area (Å²) >= 11 is 4.65. The lowest BCUT2D eigenvalue weighted by atomic mass is 9.90. The maximum absolute atomic E-state index is 12.1. The Bertz CT molecular complexity index is 1380. The number of isothiocyanates is 1. The second-order valence-electron chi connectivity index (χ2n) is 6.58. The summed E-state index contributed by atoms with van der Waals surface area (Å²) in [5, 5.41) is 16.8. The van der Waals surface area contributed by atoms with Crippen LogP contribution < -0.4 is 10.7 Å². The molecule has 0 spiro atoms. The highest BCUT2D eigenvalue weighted by atomic mass is 32.1. The van der Waals surface area contributed by atoms with Gasteiger partial charge >= 0.3 is 5.97 Å². The first-order chi connectivity index (χ1) is 14.5. The summed E-state index contributed by atoms with van der Waals surface area (Å²) in [4.78, 5) is 20.2. The van der Waals surface area contributed by atoms with Gasteiger partial charge < -0.3 is 14.8 Å². The van der Waals surface area contributed by atoms with Crippen LogP contribution in [-0.2, 0) is 0 Å². The molecule has 0 saturated heterocycles. The number of carbonyl (C=O) groups is 1. The van der Waals surface area contributed by atoms with E-state index in [-0.39, 0.29) is 5.56 Å². The molecular formula is C23H17N3O3S. The van der Waals surface area contributed by atoms with Gasteiger partial charge in [-0.15, -0.1) is 0 Å². The number of nitrogens with one attached hydrogen (secondary N) is 1. The maximum Gasteiger partial charge on any atom is 0.336 e. The number of anilines is 1. The van der Waals surface area contributed by atoms with Gasteiger partial charge in [-0.2, -0.15) is 4.99 Å². The Morgan fingerprint density at radius 1 is 1.10 bits per heavy atom. The molecule has 0 radical (unpaired) electrons. The average Bonchev–Trinajstić information content (AvgIpc) is 2.76. The summed E-state index contributed by atoms with van der Waals surface area (Å²) in [6.45, 7) is 0. The lowest BCUT2D eigenvalue weighted by molar-refractivity contribution is 0.0698. The van der Waals surface area contributed by atoms with Crippen molar-refractivity contribution >= 4 is 45.7 Å². The summed E-state index contributed by atoms with van der Waals surface area (Å²) in [6.07, 6.45) is 0. The highest BCUT2D eigenvalue weighted by molar-refractivity contribution is 7.78. The van der Waals surface area contributed by atoms with Crippen molar-refractivity contribution < 1.29 is 14.3 Å². The number of carboxylic acids is 1. The van der Waals surface area contributed by atoms with Crippen molar-refractivity contribution in [1.29, 1.82) is 0 Å². The van der Waals surface area contributed by atoms with Crippen LogP contribution in [0.3, 0.4) is 0 Å². The number of hydrogen-bond acceptors (Lipinski definition) is 6. The monoisotopic (exact) mass is 415 g/mol. The Hall–Kier alpha value is -3.80. The van der Waals surface area contributed by atoms with Crippen LogP contribution in [-0.4, -0.2) is 30.3 Å². The molecule has 0 saturated carbocycles. The number of carboxylic acid groups (broad SMARTS) is 1. The molecule has 4 rings (SSSR count). The molecule has 1 aliphatic carbocycles. The lowest BCUT2D eigenvalue weighted by Crippen LogP contribution is -2.04. The Morgan fingerprint density at radius 3 is 2.60 bits per heavy atom. The molecule has 0 unspecified atom stereocenters. The smallest absolute Gasteiger partial charge is 0.336 e. The van der Waals surface area contributed by atoms with E-state index < -0.39 is 5.97 Å². The van der Waals surface area contributed by atoms with Gasteiger partial charge in [-0.25, -0.2) is 4.79 Å². The van der Waals surface area contributed by atoms with Gasteiger partial charge in [-0.3, -0.25) is 4.99 Å². The molecule has 0 amide bonds. The molecular weight excluding hydrogens is 398 g/mol. The first kappa shape index (κ1) is 19.5. The number of aliphatic imine (C=N–C) groups is 1. The summed E-state index contributed by atoms with van der Waals surface area (Å²) in [7, 11) is 3.54. The number of thiocarbonyl (C=S) groups is 1. The fourth-order valence-corrected chi connectivity index (χ4v) is 3.62. The molecule has 2 aromatic rings. The lowest BCUT2D eigenvalue weighted by Gasteiger charge is -2.17. The van der Waals surface area contributed by atoms with Crippen LogP contribution in [0, 0.1) is 0 Å². The average molecular weight is 415 g/mol. The molecule has 1 aliphatic heterocycles. The predicted molar refractivity (Wildman–Crippen MR) is 121 cm³/mol. The number of nitrogens with zero attached hydrogens (tertiary/aromatic N) is 2. The quantitative estimate of drug-likeness (QED) is 0.271. The Morgan fingerprint density at radius 2 is 1.90 bits per heavy atom. The molecule has 7 heteroatoms. The van der Waals surface area contributed by atoms with Crippen molar-refractivity contribution in [3.63, 3.8) is 0 Å². The molecule has 0 fully saturated rings. The molecule has 6 nitrogen and oxygen atoms in total. The van der Waals surface area contributed by atoms with Gasteiger partial charge in [-0.1, -0.05) is 6.07 Å². The molecule has 0 aromatic heterocycles. The molecule has 30 heavy (non-hydrogen) atoms. The van der Waals surface area contributed by atoms with Gasteiger partial charge in [0.15, 0.2) is 0 Å². The number of aromatic carboxylic acids is 1. The number of benzene rings is 3. The first-order valence-corrected chi connectivity index (χ1v) is 9.53. The van der Waals surface area contributed by atoms with Crippen LogP contribution in [0.2, 0.25) is 0 Å².